The Morgan fingerprint density at radius 3 is 2.79 bits per heavy atom. The third-order valence-electron chi connectivity index (χ3n) is 5.62. The van der Waals surface area contributed by atoms with Crippen molar-refractivity contribution in [3.8, 4) is 0 Å². The summed E-state index contributed by atoms with van der Waals surface area (Å²) in [5.41, 5.74) is 1.38. The predicted octanol–water partition coefficient (Wildman–Crippen LogP) is 3.19. The number of unbranched alkanes of at least 4 members (excludes halogenated alkanes) is 1. The standard InChI is InChI=1S/C23H36N6/c1-4-24-23(26-12-8-9-14-28-15-13-25-20(28)3)27-22-16-19(2)29(18-22)17-21-10-6-5-7-11-21/h5-7,10-11,13,15,19,22H,4,8-9,12,14,16-18H2,1-3H3,(H2,24,26,27). The van der Waals surface area contributed by atoms with Gasteiger partial charge in [-0.05, 0) is 45.6 Å². The SMILES string of the molecule is CCNC(=NCCCCn1ccnc1C)NC1CC(C)N(Cc2ccccc2)C1. The molecule has 0 bridgehead atoms. The van der Waals surface area contributed by atoms with E-state index in [9.17, 15) is 0 Å². The summed E-state index contributed by atoms with van der Waals surface area (Å²) < 4.78 is 2.20. The van der Waals surface area contributed by atoms with Crippen LogP contribution in [-0.2, 0) is 13.1 Å². The molecule has 1 saturated heterocycles. The van der Waals surface area contributed by atoms with Crippen LogP contribution in [0.4, 0.5) is 0 Å². The number of rotatable bonds is 9. The molecule has 2 atom stereocenters. The topological polar surface area (TPSA) is 57.5 Å². The van der Waals surface area contributed by atoms with Crippen LogP contribution in [0.3, 0.4) is 0 Å². The Bertz CT molecular complexity index is 754. The van der Waals surface area contributed by atoms with Crippen LogP contribution in [0.5, 0.6) is 0 Å². The van der Waals surface area contributed by atoms with E-state index in [4.69, 9.17) is 4.99 Å². The summed E-state index contributed by atoms with van der Waals surface area (Å²) in [7, 11) is 0. The highest BCUT2D eigenvalue weighted by Crippen LogP contribution is 2.20. The number of imidazole rings is 1. The summed E-state index contributed by atoms with van der Waals surface area (Å²) in [5.74, 6) is 2.03. The zero-order valence-electron chi connectivity index (χ0n) is 18.1. The lowest BCUT2D eigenvalue weighted by atomic mass is 10.2. The second kappa shape index (κ2) is 11.0. The van der Waals surface area contributed by atoms with Gasteiger partial charge in [0.25, 0.3) is 0 Å². The van der Waals surface area contributed by atoms with Crippen molar-refractivity contribution in [3.05, 3.63) is 54.1 Å². The number of benzene rings is 1. The molecule has 0 aliphatic carbocycles. The number of guanidine groups is 1. The van der Waals surface area contributed by atoms with Crippen LogP contribution in [0.15, 0.2) is 47.7 Å². The molecule has 0 radical (unpaired) electrons. The zero-order valence-corrected chi connectivity index (χ0v) is 18.1. The Hall–Kier alpha value is -2.34. The van der Waals surface area contributed by atoms with Crippen LogP contribution < -0.4 is 10.6 Å². The molecule has 1 aromatic carbocycles. The minimum Gasteiger partial charge on any atom is -0.357 e. The van der Waals surface area contributed by atoms with E-state index in [1.807, 2.05) is 12.4 Å². The van der Waals surface area contributed by atoms with E-state index >= 15 is 0 Å². The first-order chi connectivity index (χ1) is 14.2. The fraction of sp³-hybridized carbons (Fsp3) is 0.565. The Kier molecular flexibility index (Phi) is 8.11. The number of aliphatic imine (C=N–C) groups is 1. The lowest BCUT2D eigenvalue weighted by molar-refractivity contribution is 0.258. The number of aryl methyl sites for hydroxylation is 2. The van der Waals surface area contributed by atoms with Crippen molar-refractivity contribution in [2.45, 2.75) is 65.2 Å². The van der Waals surface area contributed by atoms with E-state index < -0.39 is 0 Å². The average Bonchev–Trinajstić information content (AvgIpc) is 3.27. The average molecular weight is 397 g/mol. The molecular formula is C23H36N6. The van der Waals surface area contributed by atoms with Gasteiger partial charge in [-0.15, -0.1) is 0 Å². The van der Waals surface area contributed by atoms with Crippen molar-refractivity contribution in [3.63, 3.8) is 0 Å². The summed E-state index contributed by atoms with van der Waals surface area (Å²) in [6.07, 6.45) is 7.26. The number of likely N-dealkylation sites (tertiary alicyclic amines) is 1. The molecule has 2 heterocycles. The first-order valence-corrected chi connectivity index (χ1v) is 11.0. The van der Waals surface area contributed by atoms with Gasteiger partial charge in [0, 0.05) is 57.2 Å². The molecule has 2 N–H and O–H groups in total. The fourth-order valence-corrected chi connectivity index (χ4v) is 3.98. The lowest BCUT2D eigenvalue weighted by Gasteiger charge is -2.21. The van der Waals surface area contributed by atoms with Gasteiger partial charge in [0.05, 0.1) is 0 Å². The zero-order chi connectivity index (χ0) is 20.5. The van der Waals surface area contributed by atoms with Crippen molar-refractivity contribution in [1.82, 2.24) is 25.1 Å². The minimum atomic E-state index is 0.445. The van der Waals surface area contributed by atoms with E-state index in [-0.39, 0.29) is 0 Å². The molecule has 3 rings (SSSR count). The number of nitrogens with one attached hydrogen (secondary N) is 2. The lowest BCUT2D eigenvalue weighted by Crippen LogP contribution is -2.44. The van der Waals surface area contributed by atoms with Gasteiger partial charge in [0.2, 0.25) is 0 Å². The Morgan fingerprint density at radius 2 is 2.07 bits per heavy atom. The van der Waals surface area contributed by atoms with E-state index in [0.29, 0.717) is 12.1 Å². The van der Waals surface area contributed by atoms with E-state index in [1.54, 1.807) is 0 Å². The van der Waals surface area contributed by atoms with Crippen molar-refractivity contribution in [2.75, 3.05) is 19.6 Å². The maximum absolute atomic E-state index is 4.80. The minimum absolute atomic E-state index is 0.445. The molecule has 6 heteroatoms. The largest absolute Gasteiger partial charge is 0.357 e. The second-order valence-electron chi connectivity index (χ2n) is 7.98. The van der Waals surface area contributed by atoms with Crippen LogP contribution in [-0.4, -0.2) is 52.1 Å². The normalized spacial score (nSPS) is 20.2. The van der Waals surface area contributed by atoms with Gasteiger partial charge < -0.3 is 15.2 Å². The van der Waals surface area contributed by atoms with E-state index in [2.05, 4.69) is 76.2 Å². The first kappa shape index (κ1) is 21.4. The van der Waals surface area contributed by atoms with Gasteiger partial charge in [-0.2, -0.15) is 0 Å². The molecule has 0 amide bonds. The molecule has 1 aliphatic rings. The van der Waals surface area contributed by atoms with Gasteiger partial charge in [-0.25, -0.2) is 4.98 Å². The van der Waals surface area contributed by atoms with Gasteiger partial charge in [-0.3, -0.25) is 9.89 Å². The van der Waals surface area contributed by atoms with Crippen LogP contribution in [0.1, 0.15) is 44.5 Å². The molecule has 1 fully saturated rings. The van der Waals surface area contributed by atoms with Crippen LogP contribution in [0.25, 0.3) is 0 Å². The van der Waals surface area contributed by atoms with Crippen molar-refractivity contribution < 1.29 is 0 Å². The van der Waals surface area contributed by atoms with Crippen molar-refractivity contribution >= 4 is 5.96 Å². The molecule has 2 aromatic rings. The predicted molar refractivity (Wildman–Crippen MR) is 120 cm³/mol. The monoisotopic (exact) mass is 396 g/mol. The van der Waals surface area contributed by atoms with Gasteiger partial charge in [-0.1, -0.05) is 30.3 Å². The first-order valence-electron chi connectivity index (χ1n) is 11.0. The number of hydrogen-bond donors (Lipinski definition) is 2. The van der Waals surface area contributed by atoms with Gasteiger partial charge >= 0.3 is 0 Å². The maximum atomic E-state index is 4.80. The molecule has 158 valence electrons. The molecule has 6 nitrogen and oxygen atoms in total. The molecule has 0 saturated carbocycles. The highest BCUT2D eigenvalue weighted by Gasteiger charge is 2.29. The Balaban J connectivity index is 1.44. The van der Waals surface area contributed by atoms with Gasteiger partial charge in [0.15, 0.2) is 5.96 Å². The number of hydrogen-bond acceptors (Lipinski definition) is 3. The molecule has 29 heavy (non-hydrogen) atoms. The summed E-state index contributed by atoms with van der Waals surface area (Å²) >= 11 is 0. The van der Waals surface area contributed by atoms with Crippen molar-refractivity contribution in [1.29, 1.82) is 0 Å². The number of aromatic nitrogens is 2. The quantitative estimate of drug-likeness (QED) is 0.388. The van der Waals surface area contributed by atoms with Crippen LogP contribution >= 0.6 is 0 Å². The van der Waals surface area contributed by atoms with Gasteiger partial charge in [0.1, 0.15) is 5.82 Å². The van der Waals surface area contributed by atoms with Crippen molar-refractivity contribution in [2.24, 2.45) is 4.99 Å². The Labute approximate surface area is 175 Å². The third-order valence-corrected chi connectivity index (χ3v) is 5.62. The molecule has 1 aliphatic heterocycles. The van der Waals surface area contributed by atoms with Crippen LogP contribution in [0.2, 0.25) is 0 Å². The van der Waals surface area contributed by atoms with Crippen LogP contribution in [0, 0.1) is 6.92 Å². The number of nitrogens with zero attached hydrogens (tertiary/aromatic N) is 4. The second-order valence-corrected chi connectivity index (χ2v) is 7.98. The fourth-order valence-electron chi connectivity index (χ4n) is 3.98. The van der Waals surface area contributed by atoms with E-state index in [1.165, 1.54) is 5.56 Å². The highest BCUT2D eigenvalue weighted by molar-refractivity contribution is 5.80. The summed E-state index contributed by atoms with van der Waals surface area (Å²) in [6.45, 7) is 11.3. The summed E-state index contributed by atoms with van der Waals surface area (Å²) in [4.78, 5) is 11.6. The summed E-state index contributed by atoms with van der Waals surface area (Å²) in [6, 6.07) is 11.8. The highest BCUT2D eigenvalue weighted by atomic mass is 15.3. The molecule has 1 aromatic heterocycles. The summed E-state index contributed by atoms with van der Waals surface area (Å²) in [5, 5.41) is 7.07. The van der Waals surface area contributed by atoms with E-state index in [0.717, 1.165) is 63.8 Å². The Morgan fingerprint density at radius 1 is 1.24 bits per heavy atom. The maximum Gasteiger partial charge on any atom is 0.191 e. The molecule has 0 spiro atoms. The molecular weight excluding hydrogens is 360 g/mol. The third kappa shape index (κ3) is 6.60. The molecule has 2 unspecified atom stereocenters. The smallest absolute Gasteiger partial charge is 0.191 e.